The number of hydrogen-bond acceptors (Lipinski definition) is 5. The fourth-order valence-corrected chi connectivity index (χ4v) is 2.85. The number of hydrogen-bond donors (Lipinski definition) is 0. The Labute approximate surface area is 141 Å². The van der Waals surface area contributed by atoms with Crippen molar-refractivity contribution in [1.29, 1.82) is 0 Å². The summed E-state index contributed by atoms with van der Waals surface area (Å²) >= 11 is 0. The standard InChI is InChI=1S/C18H23N3O3/c1-3-16-19-18(24-20-16)14-5-4-10-21(11-14)17(22)12-23-15-8-6-13(2)7-9-15/h6-9,14H,3-5,10-12H2,1-2H3/t14-/m1/s1. The van der Waals surface area contributed by atoms with Crippen LogP contribution in [0.25, 0.3) is 0 Å². The molecule has 6 nitrogen and oxygen atoms in total. The van der Waals surface area contributed by atoms with Gasteiger partial charge in [0.1, 0.15) is 5.75 Å². The molecule has 1 aliphatic heterocycles. The number of likely N-dealkylation sites (tertiary alicyclic amines) is 1. The second kappa shape index (κ2) is 7.47. The lowest BCUT2D eigenvalue weighted by Crippen LogP contribution is -2.41. The normalized spacial score (nSPS) is 17.8. The molecule has 3 rings (SSSR count). The zero-order chi connectivity index (χ0) is 16.9. The highest BCUT2D eigenvalue weighted by molar-refractivity contribution is 5.78. The summed E-state index contributed by atoms with van der Waals surface area (Å²) in [5.74, 6) is 2.19. The molecule has 24 heavy (non-hydrogen) atoms. The van der Waals surface area contributed by atoms with E-state index in [1.54, 1.807) is 0 Å². The monoisotopic (exact) mass is 329 g/mol. The Morgan fingerprint density at radius 1 is 1.38 bits per heavy atom. The van der Waals surface area contributed by atoms with Crippen LogP contribution in [0.2, 0.25) is 0 Å². The van der Waals surface area contributed by atoms with Gasteiger partial charge in [-0.3, -0.25) is 4.79 Å². The van der Waals surface area contributed by atoms with Gasteiger partial charge in [0.05, 0.1) is 5.92 Å². The SMILES string of the molecule is CCc1noc([C@@H]2CCCN(C(=O)COc3ccc(C)cc3)C2)n1. The number of carbonyl (C=O) groups is 1. The number of carbonyl (C=O) groups excluding carboxylic acids is 1. The Morgan fingerprint density at radius 2 is 2.17 bits per heavy atom. The summed E-state index contributed by atoms with van der Waals surface area (Å²) in [6.07, 6.45) is 2.65. The first-order chi connectivity index (χ1) is 11.7. The minimum atomic E-state index is -0.00416. The molecule has 1 aromatic heterocycles. The van der Waals surface area contributed by atoms with Crippen molar-refractivity contribution in [3.63, 3.8) is 0 Å². The molecular weight excluding hydrogens is 306 g/mol. The van der Waals surface area contributed by atoms with Crippen LogP contribution >= 0.6 is 0 Å². The molecule has 2 heterocycles. The number of benzene rings is 1. The van der Waals surface area contributed by atoms with Crippen molar-refractivity contribution in [2.45, 2.75) is 39.0 Å². The highest BCUT2D eigenvalue weighted by Gasteiger charge is 2.28. The zero-order valence-electron chi connectivity index (χ0n) is 14.2. The zero-order valence-corrected chi connectivity index (χ0v) is 14.2. The van der Waals surface area contributed by atoms with Gasteiger partial charge in [0.2, 0.25) is 5.89 Å². The van der Waals surface area contributed by atoms with Crippen LogP contribution in [-0.4, -0.2) is 40.6 Å². The van der Waals surface area contributed by atoms with E-state index in [9.17, 15) is 4.79 Å². The fourth-order valence-electron chi connectivity index (χ4n) is 2.85. The number of ether oxygens (including phenoxy) is 1. The van der Waals surface area contributed by atoms with Crippen molar-refractivity contribution in [2.24, 2.45) is 0 Å². The van der Waals surface area contributed by atoms with Gasteiger partial charge in [-0.15, -0.1) is 0 Å². The first kappa shape index (κ1) is 16.5. The van der Waals surface area contributed by atoms with Crippen LogP contribution < -0.4 is 4.74 Å². The predicted molar refractivity (Wildman–Crippen MR) is 88.9 cm³/mol. The minimum absolute atomic E-state index is 0.00416. The fraction of sp³-hybridized carbons (Fsp3) is 0.500. The minimum Gasteiger partial charge on any atom is -0.484 e. The van der Waals surface area contributed by atoms with Gasteiger partial charge in [-0.25, -0.2) is 0 Å². The van der Waals surface area contributed by atoms with Crippen LogP contribution in [0.3, 0.4) is 0 Å². The van der Waals surface area contributed by atoms with Crippen LogP contribution in [-0.2, 0) is 11.2 Å². The van der Waals surface area contributed by atoms with Crippen LogP contribution in [0, 0.1) is 6.92 Å². The molecule has 0 N–H and O–H groups in total. The molecule has 1 fully saturated rings. The highest BCUT2D eigenvalue weighted by atomic mass is 16.5. The van der Waals surface area contributed by atoms with Crippen LogP contribution in [0.5, 0.6) is 5.75 Å². The number of piperidine rings is 1. The average Bonchev–Trinajstić information content (AvgIpc) is 3.10. The van der Waals surface area contributed by atoms with E-state index in [1.165, 1.54) is 5.56 Å². The lowest BCUT2D eigenvalue weighted by molar-refractivity contribution is -0.134. The molecule has 1 saturated heterocycles. The summed E-state index contributed by atoms with van der Waals surface area (Å²) in [7, 11) is 0. The maximum absolute atomic E-state index is 12.4. The Balaban J connectivity index is 1.55. The summed E-state index contributed by atoms with van der Waals surface area (Å²) in [5.41, 5.74) is 1.17. The average molecular weight is 329 g/mol. The van der Waals surface area contributed by atoms with E-state index in [1.807, 2.05) is 43.0 Å². The highest BCUT2D eigenvalue weighted by Crippen LogP contribution is 2.26. The largest absolute Gasteiger partial charge is 0.484 e. The van der Waals surface area contributed by atoms with Crippen LogP contribution in [0.1, 0.15) is 43.0 Å². The third-order valence-electron chi connectivity index (χ3n) is 4.31. The Morgan fingerprint density at radius 3 is 2.88 bits per heavy atom. The van der Waals surface area contributed by atoms with Crippen molar-refractivity contribution in [1.82, 2.24) is 15.0 Å². The molecule has 128 valence electrons. The van der Waals surface area contributed by atoms with Crippen molar-refractivity contribution in [3.8, 4) is 5.75 Å². The van der Waals surface area contributed by atoms with Gasteiger partial charge >= 0.3 is 0 Å². The molecule has 0 unspecified atom stereocenters. The third-order valence-corrected chi connectivity index (χ3v) is 4.31. The van der Waals surface area contributed by atoms with Gasteiger partial charge in [-0.1, -0.05) is 29.8 Å². The molecule has 0 aliphatic carbocycles. The topological polar surface area (TPSA) is 68.5 Å². The Hall–Kier alpha value is -2.37. The molecule has 2 aromatic rings. The van der Waals surface area contributed by atoms with Crippen molar-refractivity contribution in [3.05, 3.63) is 41.5 Å². The summed E-state index contributed by atoms with van der Waals surface area (Å²) in [4.78, 5) is 18.6. The molecule has 1 atom stereocenters. The number of aromatic nitrogens is 2. The van der Waals surface area contributed by atoms with Crippen molar-refractivity contribution >= 4 is 5.91 Å². The first-order valence-corrected chi connectivity index (χ1v) is 8.45. The van der Waals surface area contributed by atoms with E-state index < -0.39 is 0 Å². The number of aryl methyl sites for hydroxylation is 2. The second-order valence-electron chi connectivity index (χ2n) is 6.18. The molecule has 0 bridgehead atoms. The smallest absolute Gasteiger partial charge is 0.260 e. The molecular formula is C18H23N3O3. The van der Waals surface area contributed by atoms with Gasteiger partial charge < -0.3 is 14.2 Å². The number of amides is 1. The van der Waals surface area contributed by atoms with E-state index in [0.717, 1.165) is 31.6 Å². The third kappa shape index (κ3) is 3.93. The molecule has 1 aliphatic rings. The lowest BCUT2D eigenvalue weighted by atomic mass is 9.98. The van der Waals surface area contributed by atoms with E-state index in [2.05, 4.69) is 10.1 Å². The maximum Gasteiger partial charge on any atom is 0.260 e. The summed E-state index contributed by atoms with van der Waals surface area (Å²) in [5, 5.41) is 3.95. The molecule has 1 aromatic carbocycles. The number of rotatable bonds is 5. The van der Waals surface area contributed by atoms with E-state index in [-0.39, 0.29) is 18.4 Å². The van der Waals surface area contributed by atoms with E-state index in [4.69, 9.17) is 9.26 Å². The molecule has 0 radical (unpaired) electrons. The van der Waals surface area contributed by atoms with Crippen molar-refractivity contribution < 1.29 is 14.1 Å². The predicted octanol–water partition coefficient (Wildman–Crippen LogP) is 2.73. The lowest BCUT2D eigenvalue weighted by Gasteiger charge is -2.30. The van der Waals surface area contributed by atoms with Gasteiger partial charge in [0.15, 0.2) is 12.4 Å². The Bertz CT molecular complexity index is 681. The van der Waals surface area contributed by atoms with Gasteiger partial charge in [-0.05, 0) is 31.9 Å². The van der Waals surface area contributed by atoms with Crippen LogP contribution in [0.4, 0.5) is 0 Å². The first-order valence-electron chi connectivity index (χ1n) is 8.45. The van der Waals surface area contributed by atoms with E-state index >= 15 is 0 Å². The van der Waals surface area contributed by atoms with Crippen LogP contribution in [0.15, 0.2) is 28.8 Å². The number of nitrogens with zero attached hydrogens (tertiary/aromatic N) is 3. The summed E-state index contributed by atoms with van der Waals surface area (Å²) in [6, 6.07) is 7.70. The van der Waals surface area contributed by atoms with E-state index in [0.29, 0.717) is 18.2 Å². The second-order valence-corrected chi connectivity index (χ2v) is 6.18. The van der Waals surface area contributed by atoms with Crippen molar-refractivity contribution in [2.75, 3.05) is 19.7 Å². The molecule has 0 saturated carbocycles. The van der Waals surface area contributed by atoms with Gasteiger partial charge in [-0.2, -0.15) is 4.98 Å². The van der Waals surface area contributed by atoms with Gasteiger partial charge in [0.25, 0.3) is 5.91 Å². The molecule has 0 spiro atoms. The molecule has 1 amide bonds. The summed E-state index contributed by atoms with van der Waals surface area (Å²) < 4.78 is 10.9. The Kier molecular flexibility index (Phi) is 5.13. The maximum atomic E-state index is 12.4. The molecule has 6 heteroatoms. The summed E-state index contributed by atoms with van der Waals surface area (Å²) in [6.45, 7) is 5.43. The van der Waals surface area contributed by atoms with Gasteiger partial charge in [0, 0.05) is 19.5 Å². The quantitative estimate of drug-likeness (QED) is 0.843.